The molecule has 1 aromatic heterocycles. The molecule has 0 unspecified atom stereocenters. The van der Waals surface area contributed by atoms with Gasteiger partial charge in [-0.3, -0.25) is 4.90 Å². The highest BCUT2D eigenvalue weighted by Crippen LogP contribution is 2.26. The van der Waals surface area contributed by atoms with Crippen LogP contribution in [-0.2, 0) is 10.0 Å². The number of nitrogens with one attached hydrogen (secondary N) is 2. The molecule has 0 aromatic carbocycles. The van der Waals surface area contributed by atoms with Crippen molar-refractivity contribution in [3.63, 3.8) is 0 Å². The third kappa shape index (κ3) is 3.68. The highest BCUT2D eigenvalue weighted by Gasteiger charge is 2.27. The minimum absolute atomic E-state index is 0.192. The fraction of sp³-hybridized carbons (Fsp3) is 0.615. The molecule has 0 amide bonds. The number of rotatable bonds is 8. The van der Waals surface area contributed by atoms with Crippen molar-refractivity contribution in [2.45, 2.75) is 30.7 Å². The highest BCUT2D eigenvalue weighted by atomic mass is 32.2. The molecule has 0 aliphatic heterocycles. The van der Waals surface area contributed by atoms with Gasteiger partial charge in [0.25, 0.3) is 0 Å². The van der Waals surface area contributed by atoms with Gasteiger partial charge in [-0.1, -0.05) is 6.92 Å². The second kappa shape index (κ2) is 6.51. The number of pyridine rings is 1. The number of anilines is 1. The Morgan fingerprint density at radius 3 is 2.80 bits per heavy atom. The maximum Gasteiger partial charge on any atom is 0.244 e. The first-order valence-corrected chi connectivity index (χ1v) is 8.43. The van der Waals surface area contributed by atoms with E-state index in [0.717, 1.165) is 13.1 Å². The molecule has 20 heavy (non-hydrogen) atoms. The van der Waals surface area contributed by atoms with E-state index in [2.05, 4.69) is 26.8 Å². The summed E-state index contributed by atoms with van der Waals surface area (Å²) in [5.74, 6) is 0.370. The molecular weight excluding hydrogens is 276 g/mol. The number of likely N-dealkylation sites (N-methyl/N-ethyl adjacent to an activating group) is 1. The van der Waals surface area contributed by atoms with Crippen LogP contribution >= 0.6 is 0 Å². The van der Waals surface area contributed by atoms with Gasteiger partial charge in [-0.05, 0) is 31.5 Å². The Morgan fingerprint density at radius 2 is 2.20 bits per heavy atom. The molecule has 2 N–H and O–H groups in total. The quantitative estimate of drug-likeness (QED) is 0.745. The normalized spacial score (nSPS) is 15.6. The van der Waals surface area contributed by atoms with E-state index in [1.165, 1.54) is 12.8 Å². The SMILES string of the molecule is CCN(CCNS(=O)(=O)c1cccnc1NC)C1CC1. The van der Waals surface area contributed by atoms with Gasteiger partial charge in [-0.15, -0.1) is 0 Å². The maximum absolute atomic E-state index is 12.3. The topological polar surface area (TPSA) is 74.3 Å². The number of sulfonamides is 1. The van der Waals surface area contributed by atoms with Gasteiger partial charge < -0.3 is 5.32 Å². The molecule has 0 bridgehead atoms. The predicted octanol–water partition coefficient (Wildman–Crippen LogP) is 0.886. The first kappa shape index (κ1) is 15.2. The van der Waals surface area contributed by atoms with Gasteiger partial charge in [0, 0.05) is 32.4 Å². The van der Waals surface area contributed by atoms with Crippen LogP contribution in [-0.4, -0.2) is 51.0 Å². The lowest BCUT2D eigenvalue weighted by atomic mass is 10.4. The van der Waals surface area contributed by atoms with Crippen molar-refractivity contribution in [2.75, 3.05) is 32.0 Å². The van der Waals surface area contributed by atoms with Gasteiger partial charge in [0.05, 0.1) is 0 Å². The van der Waals surface area contributed by atoms with Crippen LogP contribution in [0.15, 0.2) is 23.2 Å². The largest absolute Gasteiger partial charge is 0.372 e. The van der Waals surface area contributed by atoms with Gasteiger partial charge >= 0.3 is 0 Å². The molecule has 0 atom stereocenters. The van der Waals surface area contributed by atoms with Crippen molar-refractivity contribution >= 4 is 15.8 Å². The van der Waals surface area contributed by atoms with E-state index >= 15 is 0 Å². The van der Waals surface area contributed by atoms with Crippen LogP contribution in [0.3, 0.4) is 0 Å². The molecule has 7 heteroatoms. The zero-order valence-electron chi connectivity index (χ0n) is 12.0. The Bertz CT molecular complexity index is 543. The fourth-order valence-electron chi connectivity index (χ4n) is 2.24. The Balaban J connectivity index is 1.96. The lowest BCUT2D eigenvalue weighted by molar-refractivity contribution is 0.282. The van der Waals surface area contributed by atoms with Gasteiger partial charge in [-0.2, -0.15) is 0 Å². The standard InChI is InChI=1S/C13H22N4O2S/c1-3-17(11-6-7-11)10-9-16-20(18,19)12-5-4-8-15-13(12)14-2/h4-5,8,11,16H,3,6-7,9-10H2,1-2H3,(H,14,15). The summed E-state index contributed by atoms with van der Waals surface area (Å²) in [6, 6.07) is 3.83. The molecule has 1 saturated carbocycles. The van der Waals surface area contributed by atoms with E-state index in [1.807, 2.05) is 0 Å². The Labute approximate surface area is 120 Å². The average molecular weight is 298 g/mol. The molecule has 0 radical (unpaired) electrons. The summed E-state index contributed by atoms with van der Waals surface area (Å²) >= 11 is 0. The van der Waals surface area contributed by atoms with Crippen LogP contribution in [0.25, 0.3) is 0 Å². The Kier molecular flexibility index (Phi) is 4.95. The molecule has 1 heterocycles. The predicted molar refractivity (Wildman–Crippen MR) is 79.2 cm³/mol. The summed E-state index contributed by atoms with van der Waals surface area (Å²) < 4.78 is 27.2. The van der Waals surface area contributed by atoms with Crippen molar-refractivity contribution in [2.24, 2.45) is 0 Å². The summed E-state index contributed by atoms with van der Waals surface area (Å²) in [4.78, 5) is 6.52. The fourth-order valence-corrected chi connectivity index (χ4v) is 3.42. The van der Waals surface area contributed by atoms with Crippen LogP contribution in [0, 0.1) is 0 Å². The van der Waals surface area contributed by atoms with E-state index in [9.17, 15) is 8.42 Å². The molecule has 2 rings (SSSR count). The zero-order chi connectivity index (χ0) is 14.6. The monoisotopic (exact) mass is 298 g/mol. The zero-order valence-corrected chi connectivity index (χ0v) is 12.8. The number of hydrogen-bond donors (Lipinski definition) is 2. The lowest BCUT2D eigenvalue weighted by Crippen LogP contribution is -2.36. The van der Waals surface area contributed by atoms with Crippen LogP contribution in [0.4, 0.5) is 5.82 Å². The molecule has 112 valence electrons. The van der Waals surface area contributed by atoms with Gasteiger partial charge in [0.2, 0.25) is 10.0 Å². The molecule has 1 aliphatic rings. The van der Waals surface area contributed by atoms with Crippen molar-refractivity contribution in [1.29, 1.82) is 0 Å². The van der Waals surface area contributed by atoms with Crippen LogP contribution in [0.1, 0.15) is 19.8 Å². The van der Waals surface area contributed by atoms with Crippen LogP contribution in [0.5, 0.6) is 0 Å². The van der Waals surface area contributed by atoms with E-state index in [4.69, 9.17) is 0 Å². The second-order valence-corrected chi connectivity index (χ2v) is 6.59. The third-order valence-electron chi connectivity index (χ3n) is 3.46. The smallest absolute Gasteiger partial charge is 0.244 e. The summed E-state index contributed by atoms with van der Waals surface area (Å²) in [5, 5.41) is 2.80. The van der Waals surface area contributed by atoms with Gasteiger partial charge in [-0.25, -0.2) is 18.1 Å². The first-order valence-electron chi connectivity index (χ1n) is 6.95. The van der Waals surface area contributed by atoms with E-state index in [1.54, 1.807) is 25.4 Å². The number of nitrogens with zero attached hydrogens (tertiary/aromatic N) is 2. The summed E-state index contributed by atoms with van der Waals surface area (Å²) in [7, 11) is -1.85. The summed E-state index contributed by atoms with van der Waals surface area (Å²) in [6.45, 7) is 4.23. The minimum Gasteiger partial charge on any atom is -0.372 e. The average Bonchev–Trinajstić information content (AvgIpc) is 3.28. The molecule has 1 aromatic rings. The number of aromatic nitrogens is 1. The number of hydrogen-bond acceptors (Lipinski definition) is 5. The lowest BCUT2D eigenvalue weighted by Gasteiger charge is -2.20. The molecule has 0 saturated heterocycles. The van der Waals surface area contributed by atoms with Crippen molar-refractivity contribution in [1.82, 2.24) is 14.6 Å². The summed E-state index contributed by atoms with van der Waals surface area (Å²) in [5.41, 5.74) is 0. The molecule has 1 fully saturated rings. The molecule has 1 aliphatic carbocycles. The van der Waals surface area contributed by atoms with Crippen molar-refractivity contribution in [3.05, 3.63) is 18.3 Å². The first-order chi connectivity index (χ1) is 9.58. The van der Waals surface area contributed by atoms with E-state index in [-0.39, 0.29) is 4.90 Å². The van der Waals surface area contributed by atoms with Gasteiger partial charge in [0.1, 0.15) is 10.7 Å². The molecule has 0 spiro atoms. The van der Waals surface area contributed by atoms with Crippen LogP contribution in [0.2, 0.25) is 0 Å². The minimum atomic E-state index is -3.51. The van der Waals surface area contributed by atoms with Gasteiger partial charge in [0.15, 0.2) is 0 Å². The van der Waals surface area contributed by atoms with Crippen molar-refractivity contribution < 1.29 is 8.42 Å². The third-order valence-corrected chi connectivity index (χ3v) is 4.95. The molecular formula is C13H22N4O2S. The van der Waals surface area contributed by atoms with E-state index < -0.39 is 10.0 Å². The van der Waals surface area contributed by atoms with Crippen LogP contribution < -0.4 is 10.0 Å². The second-order valence-electron chi connectivity index (χ2n) is 4.86. The maximum atomic E-state index is 12.3. The van der Waals surface area contributed by atoms with Crippen molar-refractivity contribution in [3.8, 4) is 0 Å². The molecule has 6 nitrogen and oxygen atoms in total. The Morgan fingerprint density at radius 1 is 1.45 bits per heavy atom. The van der Waals surface area contributed by atoms with E-state index in [0.29, 0.717) is 18.4 Å². The highest BCUT2D eigenvalue weighted by molar-refractivity contribution is 7.89. The Hall–Kier alpha value is -1.18. The summed E-state index contributed by atoms with van der Waals surface area (Å²) in [6.07, 6.45) is 4.02.